The molecular formula is C2H4CuN2S8. The zero-order valence-electron chi connectivity index (χ0n) is 5.62. The van der Waals surface area contributed by atoms with E-state index in [2.05, 4.69) is 102 Å². The van der Waals surface area contributed by atoms with Gasteiger partial charge in [-0.05, 0) is 0 Å². The first-order valence-electron chi connectivity index (χ1n) is 2.07. The van der Waals surface area contributed by atoms with Crippen LogP contribution in [-0.4, -0.2) is 15.5 Å². The number of hydrogen-bond donors (Lipinski definition) is 4. The minimum absolute atomic E-state index is 0. The summed E-state index contributed by atoms with van der Waals surface area (Å²) >= 11 is 32.2. The Morgan fingerprint density at radius 2 is 0.769 bits per heavy atom. The zero-order valence-corrected chi connectivity index (χ0v) is 13.4. The van der Waals surface area contributed by atoms with Crippen LogP contribution < -0.4 is 0 Å². The van der Waals surface area contributed by atoms with Crippen LogP contribution in [0.3, 0.4) is 0 Å². The van der Waals surface area contributed by atoms with Gasteiger partial charge in [0.25, 0.3) is 0 Å². The number of rotatable bonds is 0. The molecule has 0 spiro atoms. The maximum atomic E-state index is 4.36. The van der Waals surface area contributed by atoms with E-state index in [-0.39, 0.29) is 17.1 Å². The van der Waals surface area contributed by atoms with Crippen molar-refractivity contribution in [1.82, 2.24) is 0 Å². The molecule has 0 aliphatic carbocycles. The second-order valence-electron chi connectivity index (χ2n) is 1.11. The minimum Gasteiger partial charge on any atom is -0.452 e. The summed E-state index contributed by atoms with van der Waals surface area (Å²) in [6.45, 7) is 0. The van der Waals surface area contributed by atoms with Crippen molar-refractivity contribution in [2.75, 3.05) is 0 Å². The van der Waals surface area contributed by atoms with Gasteiger partial charge in [0.2, 0.25) is 8.75 Å². The number of thiol groups is 4. The maximum Gasteiger partial charge on any atom is 2.00 e. The molecule has 11 heteroatoms. The van der Waals surface area contributed by atoms with Crippen molar-refractivity contribution in [3.63, 3.8) is 0 Å². The van der Waals surface area contributed by atoms with Crippen LogP contribution in [0.15, 0.2) is 0 Å². The Labute approximate surface area is 133 Å². The van der Waals surface area contributed by atoms with Gasteiger partial charge in [-0.1, -0.05) is 50.5 Å². The summed E-state index contributed by atoms with van der Waals surface area (Å²) in [6.07, 6.45) is 0. The minimum atomic E-state index is 0. The van der Waals surface area contributed by atoms with Crippen LogP contribution in [-0.2, 0) is 68.3 Å². The molecule has 0 saturated heterocycles. The van der Waals surface area contributed by atoms with E-state index in [1.165, 1.54) is 0 Å². The van der Waals surface area contributed by atoms with Gasteiger partial charge in [0.15, 0.2) is 0 Å². The Morgan fingerprint density at radius 3 is 0.769 bits per heavy atom. The van der Waals surface area contributed by atoms with Gasteiger partial charge >= 0.3 is 17.1 Å². The molecular weight excluding hydrogens is 372 g/mol. The van der Waals surface area contributed by atoms with Crippen LogP contribution in [0, 0.1) is 0 Å². The Kier molecular flexibility index (Phi) is 19.3. The number of nitrogens with zero attached hydrogens (tertiary/aromatic N) is 2. The third-order valence-corrected chi connectivity index (χ3v) is 2.94. The van der Waals surface area contributed by atoms with Crippen LogP contribution >= 0.6 is 50.5 Å². The summed E-state index contributed by atoms with van der Waals surface area (Å²) in [5.74, 6) is 0. The summed E-state index contributed by atoms with van der Waals surface area (Å²) in [4.78, 5) is 0. The average molecular weight is 376 g/mol. The third kappa shape index (κ3) is 20.3. The predicted octanol–water partition coefficient (Wildman–Crippen LogP) is 0.274. The van der Waals surface area contributed by atoms with E-state index in [9.17, 15) is 0 Å². The smallest absolute Gasteiger partial charge is 0.452 e. The van der Waals surface area contributed by atoms with Gasteiger partial charge in [-0.3, -0.25) is 0 Å². The van der Waals surface area contributed by atoms with Gasteiger partial charge in [0.1, 0.15) is 0 Å². The summed E-state index contributed by atoms with van der Waals surface area (Å²) in [5.41, 5.74) is 0. The maximum absolute atomic E-state index is 4.36. The molecule has 0 saturated carbocycles. The molecule has 0 heterocycles. The van der Waals surface area contributed by atoms with Crippen LogP contribution in [0.5, 0.6) is 0 Å². The molecule has 0 atom stereocenters. The molecule has 0 fully saturated rings. The predicted molar refractivity (Wildman–Crippen MR) is 75.9 cm³/mol. The fraction of sp³-hybridized carbons (Fsp3) is 0. The summed E-state index contributed by atoms with van der Waals surface area (Å²) < 4.78 is 2.68. The second-order valence-corrected chi connectivity index (χ2v) is 5.44. The molecule has 1 radical (unpaired) electrons. The normalized spacial score (nSPS) is 7.08. The molecule has 0 aromatic rings. The van der Waals surface area contributed by atoms with E-state index in [1.54, 1.807) is 0 Å². The van der Waals surface area contributed by atoms with E-state index < -0.39 is 0 Å². The quantitative estimate of drug-likeness (QED) is 0.120. The molecule has 13 heavy (non-hydrogen) atoms. The Balaban J connectivity index is -0.000000143. The van der Waals surface area contributed by atoms with Crippen molar-refractivity contribution in [3.05, 3.63) is 0 Å². The van der Waals surface area contributed by atoms with Gasteiger partial charge in [0.05, 0.1) is 0 Å². The first kappa shape index (κ1) is 20.5. The van der Waals surface area contributed by atoms with Gasteiger partial charge in [-0.25, -0.2) is 0 Å². The van der Waals surface area contributed by atoms with E-state index in [4.69, 9.17) is 0 Å². The topological polar surface area (TPSA) is 6.02 Å². The Morgan fingerprint density at radius 1 is 0.692 bits per heavy atom. The molecule has 2 nitrogen and oxygen atoms in total. The van der Waals surface area contributed by atoms with Crippen molar-refractivity contribution in [3.8, 4) is 0 Å². The monoisotopic (exact) mass is 375 g/mol. The number of hydrogen-bond acceptors (Lipinski definition) is 4. The largest absolute Gasteiger partial charge is 2.00 e. The molecule has 0 aromatic carbocycles. The van der Waals surface area contributed by atoms with Gasteiger partial charge < -0.3 is 58.0 Å². The summed E-state index contributed by atoms with van der Waals surface area (Å²) in [6, 6.07) is 0. The van der Waals surface area contributed by atoms with E-state index in [1.807, 2.05) is 0 Å². The van der Waals surface area contributed by atoms with Crippen molar-refractivity contribution in [2.24, 2.45) is 0 Å². The van der Waals surface area contributed by atoms with E-state index >= 15 is 0 Å². The van der Waals surface area contributed by atoms with Crippen molar-refractivity contribution >= 4 is 111 Å². The van der Waals surface area contributed by atoms with Crippen LogP contribution in [0.25, 0.3) is 0 Å². The van der Waals surface area contributed by atoms with Crippen LogP contribution in [0.1, 0.15) is 0 Å². The fourth-order valence-electron chi connectivity index (χ4n) is 0. The van der Waals surface area contributed by atoms with Crippen molar-refractivity contribution < 1.29 is 23.8 Å². The molecule has 0 N–H and O–H groups in total. The van der Waals surface area contributed by atoms with Crippen LogP contribution in [0.2, 0.25) is 0 Å². The zero-order chi connectivity index (χ0) is 10.3. The standard InChI is InChI=1S/2CH2NS4.Cu/c2*3-1(4)2(5)6;/h2*(H2-,3,4,5,6);/q2*-1;+2. The Bertz CT molecular complexity index is 142. The van der Waals surface area contributed by atoms with Crippen molar-refractivity contribution in [1.29, 1.82) is 0 Å². The van der Waals surface area contributed by atoms with E-state index in [0.29, 0.717) is 8.75 Å². The SMILES string of the molecule is [Cu+2].[S-][N+]([S-])=C(S)S.[S-][N+]([S-])=C(S)S. The third-order valence-electron chi connectivity index (χ3n) is 0.327. The Hall–Kier alpha value is 2.14. The summed E-state index contributed by atoms with van der Waals surface area (Å²) in [7, 11) is 0. The first-order chi connectivity index (χ1) is 5.29. The molecule has 0 unspecified atom stereocenters. The second kappa shape index (κ2) is 12.2. The van der Waals surface area contributed by atoms with Crippen molar-refractivity contribution in [2.45, 2.75) is 0 Å². The summed E-state index contributed by atoms with van der Waals surface area (Å²) in [5, 5.41) is 0. The average Bonchev–Trinajstić information content (AvgIpc) is 1.88. The van der Waals surface area contributed by atoms with Gasteiger partial charge in [-0.2, -0.15) is 0 Å². The molecule has 0 aliphatic heterocycles. The molecule has 81 valence electrons. The molecule has 0 aliphatic rings. The first-order valence-corrected chi connectivity index (χ1v) is 5.32. The van der Waals surface area contributed by atoms with Gasteiger partial charge in [0, 0.05) is 0 Å². The molecule has 0 aromatic heterocycles. The molecule has 0 amide bonds. The molecule has 0 rings (SSSR count). The van der Waals surface area contributed by atoms with Crippen LogP contribution in [0.4, 0.5) is 0 Å². The van der Waals surface area contributed by atoms with Gasteiger partial charge in [-0.15, -0.1) is 0 Å². The molecule has 0 bridgehead atoms. The van der Waals surface area contributed by atoms with E-state index in [0.717, 1.165) is 6.77 Å². The fourth-order valence-corrected chi connectivity index (χ4v) is 0.